The number of piperidine rings is 1. The van der Waals surface area contributed by atoms with E-state index in [1.807, 2.05) is 90.1 Å². The number of rotatable bonds is 16. The van der Waals surface area contributed by atoms with Gasteiger partial charge < -0.3 is 59.4 Å². The van der Waals surface area contributed by atoms with Crippen molar-refractivity contribution >= 4 is 64.7 Å². The number of ether oxygens (including phenoxy) is 4. The molecule has 8 amide bonds. The van der Waals surface area contributed by atoms with Crippen molar-refractivity contribution in [2.45, 2.75) is 344 Å². The fraction of sp³-hybridized carbons (Fsp3) is 0.658. The Kier molecular flexibility index (Phi) is 32.8. The van der Waals surface area contributed by atoms with Gasteiger partial charge in [-0.3, -0.25) is 19.2 Å². The minimum absolute atomic E-state index is 0.103. The first-order valence-corrected chi connectivity index (χ1v) is 50.7. The fourth-order valence-electron chi connectivity index (χ4n) is 23.7. The van der Waals surface area contributed by atoms with Crippen molar-refractivity contribution in [3.8, 4) is 0 Å². The van der Waals surface area contributed by atoms with Crippen LogP contribution in [0.5, 0.6) is 0 Å². The van der Waals surface area contributed by atoms with Crippen LogP contribution in [-0.2, 0) is 57.4 Å². The monoisotopic (exact) mass is 1800 g/mol. The number of hydrogen-bond donors (Lipinski definition) is 3. The molecule has 4 heterocycles. The molecule has 8 aliphatic carbocycles. The largest absolute Gasteiger partial charge is 0.444 e. The average molecular weight is 1800 g/mol. The van der Waals surface area contributed by atoms with Gasteiger partial charge in [-0.15, -0.1) is 0 Å². The van der Waals surface area contributed by atoms with Crippen LogP contribution in [0, 0.1) is 80.0 Å². The maximum Gasteiger partial charge on any atom is 0.410 e. The first kappa shape index (κ1) is 99.5. The van der Waals surface area contributed by atoms with Crippen molar-refractivity contribution in [1.29, 1.82) is 0 Å². The van der Waals surface area contributed by atoms with Crippen LogP contribution in [0.1, 0.15) is 320 Å². The molecule has 4 aromatic rings. The van der Waals surface area contributed by atoms with Crippen LogP contribution < -0.4 is 16.0 Å². The van der Waals surface area contributed by atoms with Gasteiger partial charge in [0.25, 0.3) is 0 Å². The molecule has 0 bridgehead atoms. The number of fused-ring (bicyclic) bond motifs is 6. The van der Waals surface area contributed by atoms with Gasteiger partial charge in [-0.1, -0.05) is 106 Å². The summed E-state index contributed by atoms with van der Waals surface area (Å²) in [5.74, 6) is 5.28. The molecule has 3 N–H and O–H groups in total. The SMILES string of the molecule is CCC1C2=C(CCN1C(=O)C1CCC(CNC(=O)OC(C)(C)C)CC1)c1c(C)cccc1C2.CN(CC1CCC(C(=O)N2CCC(c3ccccc3)CC2)CC1)C(=O)OC(C)(C)C.Cc1cccc2c1C1=C(C2)C(C(C)C)N(C(=O)C2CCC(CNC(=O)OC(C)(C)C)CC2)CC1.Cc1cccc2c1C1=C(C2)C(C2CC2)N(C(=O)C2CCC(CNC(=O)OC(C)(C)C)CC2)CC1. The van der Waals surface area contributed by atoms with Crippen molar-refractivity contribution in [3.63, 3.8) is 0 Å². The van der Waals surface area contributed by atoms with Gasteiger partial charge in [0.2, 0.25) is 23.6 Å². The van der Waals surface area contributed by atoms with Crippen LogP contribution in [0.3, 0.4) is 0 Å². The summed E-state index contributed by atoms with van der Waals surface area (Å²) in [5.41, 5.74) is 21.4. The van der Waals surface area contributed by atoms with Crippen molar-refractivity contribution < 1.29 is 57.3 Å². The number of alkyl carbamates (subject to hydrolysis) is 3. The van der Waals surface area contributed by atoms with Gasteiger partial charge in [-0.2, -0.15) is 0 Å². The molecule has 0 aromatic heterocycles. The zero-order valence-electron chi connectivity index (χ0n) is 83.3. The van der Waals surface area contributed by atoms with Crippen LogP contribution in [-0.4, -0.2) is 179 Å². The van der Waals surface area contributed by atoms with E-state index in [4.69, 9.17) is 18.9 Å². The summed E-state index contributed by atoms with van der Waals surface area (Å²) in [6.07, 6.45) is 25.5. The van der Waals surface area contributed by atoms with E-state index in [0.29, 0.717) is 97.3 Å². The smallest absolute Gasteiger partial charge is 0.410 e. The highest BCUT2D eigenvalue weighted by Crippen LogP contribution is 2.52. The highest BCUT2D eigenvalue weighted by molar-refractivity contribution is 5.88. The number of hydrogen-bond acceptors (Lipinski definition) is 12. The number of benzene rings is 4. The third-order valence-electron chi connectivity index (χ3n) is 30.1. The second kappa shape index (κ2) is 43.2. The molecule has 0 radical (unpaired) electrons. The van der Waals surface area contributed by atoms with Crippen molar-refractivity contribution in [3.05, 3.63) is 157 Å². The lowest BCUT2D eigenvalue weighted by atomic mass is 9.79. The van der Waals surface area contributed by atoms with Crippen LogP contribution in [0.15, 0.2) is 102 Å². The van der Waals surface area contributed by atoms with Gasteiger partial charge in [0.1, 0.15) is 22.4 Å². The minimum Gasteiger partial charge on any atom is -0.444 e. The Bertz CT molecular complexity index is 4630. The highest BCUT2D eigenvalue weighted by atomic mass is 16.6. The summed E-state index contributed by atoms with van der Waals surface area (Å²) in [5, 5.41) is 8.74. The van der Waals surface area contributed by atoms with E-state index in [1.165, 1.54) is 90.8 Å². The topological polar surface area (TPSA) is 226 Å². The molecule has 20 nitrogen and oxygen atoms in total. The fourth-order valence-corrected chi connectivity index (χ4v) is 23.7. The van der Waals surface area contributed by atoms with Crippen molar-refractivity contribution in [2.24, 2.45) is 59.2 Å². The molecule has 20 heteroatoms. The van der Waals surface area contributed by atoms with Crippen molar-refractivity contribution in [1.82, 2.24) is 40.4 Å². The number of carbonyl (C=O) groups excluding carboxylic acids is 8. The van der Waals surface area contributed by atoms with Crippen LogP contribution in [0.4, 0.5) is 19.2 Å². The van der Waals surface area contributed by atoms with Crippen LogP contribution in [0.25, 0.3) is 16.7 Å². The zero-order valence-corrected chi connectivity index (χ0v) is 83.3. The lowest BCUT2D eigenvalue weighted by Crippen LogP contribution is -2.50. The van der Waals surface area contributed by atoms with E-state index < -0.39 is 22.4 Å². The Morgan fingerprint density at radius 3 is 1.16 bits per heavy atom. The number of aryl methyl sites for hydroxylation is 3. The lowest BCUT2D eigenvalue weighted by Gasteiger charge is -2.42. The zero-order chi connectivity index (χ0) is 94.1. The Morgan fingerprint density at radius 1 is 0.397 bits per heavy atom. The molecule has 4 aromatic carbocycles. The van der Waals surface area contributed by atoms with E-state index in [1.54, 1.807) is 16.0 Å². The van der Waals surface area contributed by atoms with E-state index in [2.05, 4.69) is 162 Å². The van der Waals surface area contributed by atoms with Gasteiger partial charge in [0.15, 0.2) is 0 Å². The third-order valence-corrected chi connectivity index (χ3v) is 30.1. The van der Waals surface area contributed by atoms with Gasteiger partial charge in [0.05, 0.1) is 18.1 Å². The molecule has 3 atom stereocenters. The Morgan fingerprint density at radius 2 is 0.756 bits per heavy atom. The van der Waals surface area contributed by atoms with Gasteiger partial charge in [0, 0.05) is 89.6 Å². The van der Waals surface area contributed by atoms with Crippen LogP contribution >= 0.6 is 0 Å². The summed E-state index contributed by atoms with van der Waals surface area (Å²) in [6, 6.07) is 31.4. The van der Waals surface area contributed by atoms with E-state index in [0.717, 1.165) is 193 Å². The summed E-state index contributed by atoms with van der Waals surface area (Å²) >= 11 is 0. The van der Waals surface area contributed by atoms with Gasteiger partial charge >= 0.3 is 24.4 Å². The molecular weight excluding hydrogens is 1640 g/mol. The maximum absolute atomic E-state index is 13.8. The molecular formula is C111H160N8O12. The van der Waals surface area contributed by atoms with E-state index in [9.17, 15) is 38.4 Å². The second-order valence-electron chi connectivity index (χ2n) is 45.0. The summed E-state index contributed by atoms with van der Waals surface area (Å²) < 4.78 is 21.5. The lowest BCUT2D eigenvalue weighted by molar-refractivity contribution is -0.140. The molecule has 716 valence electrons. The summed E-state index contributed by atoms with van der Waals surface area (Å²) in [7, 11) is 1.81. The predicted molar refractivity (Wildman–Crippen MR) is 522 cm³/mol. The molecule has 5 saturated carbocycles. The van der Waals surface area contributed by atoms with Gasteiger partial charge in [-0.05, 0) is 408 Å². The van der Waals surface area contributed by atoms with Crippen molar-refractivity contribution in [2.75, 3.05) is 66.0 Å². The molecule has 131 heavy (non-hydrogen) atoms. The quantitative estimate of drug-likeness (QED) is 0.0891. The predicted octanol–water partition coefficient (Wildman–Crippen LogP) is 22.3. The number of amides is 8. The Labute approximate surface area is 784 Å². The molecule has 3 unspecified atom stereocenters. The summed E-state index contributed by atoms with van der Waals surface area (Å²) in [6.45, 7) is 42.8. The normalized spacial score (nSPS) is 24.9. The Balaban J connectivity index is 0.000000149. The molecule has 1 saturated heterocycles. The maximum atomic E-state index is 13.8. The highest BCUT2D eigenvalue weighted by Gasteiger charge is 2.48. The average Bonchev–Trinajstić information content (AvgIpc) is 1.44. The molecule has 6 fully saturated rings. The second-order valence-corrected chi connectivity index (χ2v) is 45.0. The van der Waals surface area contributed by atoms with E-state index >= 15 is 0 Å². The number of nitrogens with zero attached hydrogens (tertiary/aromatic N) is 5. The first-order chi connectivity index (χ1) is 62.2. The standard InChI is InChI=1S/C29H40N2O3.C29H42N2O3.C28H40N2O3.C25H38N2O3/c1-18-6-5-7-22-16-24-23(25(18)22)14-15-31(26(24)20-12-13-20)27(32)21-10-8-19(9-11-21)17-30-28(33)34-29(2,3)4;1-18(2)26-24-16-22-9-7-8-19(3)25(22)23(24)14-15-31(26)27(32)21-12-10-20(11-13-21)17-30-28(33)34-29(4,5)6;1-6-24-23-16-21-9-7-8-18(2)25(21)22(23)14-15-30(24)26(31)20-12-10-19(11-13-20)17-29-27(32)33-28(3,4)5;1-25(2,3)30-24(29)26(4)18-19-10-12-22(13-11-19)23(28)27-16-14-21(15-17-27)20-8-6-5-7-9-20/h5-7,19-21,26H,8-17H2,1-4H3,(H,30,33);7-9,18,20-21,26H,10-17H2,1-6H3,(H,30,33);7-9,19-20,24H,6,10-17H2,1-5H3,(H,29,32);5-9,19,21-22H,10-18H2,1-4H3. The van der Waals surface area contributed by atoms with Crippen LogP contribution in [0.2, 0.25) is 0 Å². The number of likely N-dealkylation sites (tertiary alicyclic amines) is 1. The first-order valence-electron chi connectivity index (χ1n) is 50.7. The van der Waals surface area contributed by atoms with E-state index in [-0.39, 0.29) is 60.1 Å². The summed E-state index contributed by atoms with van der Waals surface area (Å²) in [4.78, 5) is 113. The molecule has 16 rings (SSSR count). The van der Waals surface area contributed by atoms with Gasteiger partial charge in [-0.25, -0.2) is 19.2 Å². The molecule has 0 spiro atoms. The number of carbonyl (C=O) groups is 8. The Hall–Kier alpha value is -8.94. The third kappa shape index (κ3) is 25.8. The molecule has 12 aliphatic rings. The number of nitrogens with one attached hydrogen (secondary N) is 3. The minimum atomic E-state index is -0.482. The molecule has 4 aliphatic heterocycles.